The van der Waals surface area contributed by atoms with E-state index in [0.717, 1.165) is 37.1 Å². The van der Waals surface area contributed by atoms with Crippen molar-refractivity contribution >= 4 is 40.4 Å². The van der Waals surface area contributed by atoms with Crippen molar-refractivity contribution in [2.24, 2.45) is 0 Å². The van der Waals surface area contributed by atoms with Crippen LogP contribution in [0.2, 0.25) is 0 Å². The number of amides is 2. The molecule has 2 aromatic rings. The molecule has 1 fully saturated rings. The van der Waals surface area contributed by atoms with E-state index in [1.165, 1.54) is 3.57 Å². The van der Waals surface area contributed by atoms with Gasteiger partial charge in [0.05, 0.1) is 6.20 Å². The van der Waals surface area contributed by atoms with Crippen LogP contribution in [0.5, 0.6) is 0 Å². The van der Waals surface area contributed by atoms with Gasteiger partial charge in [0.25, 0.3) is 11.8 Å². The van der Waals surface area contributed by atoms with Crippen LogP contribution in [0.4, 0.5) is 0 Å². The van der Waals surface area contributed by atoms with Crippen LogP contribution in [0.25, 0.3) is 11.3 Å². The van der Waals surface area contributed by atoms with Crippen LogP contribution in [-0.2, 0) is 25.8 Å². The van der Waals surface area contributed by atoms with E-state index in [-0.39, 0.29) is 19.3 Å². The third-order valence-corrected chi connectivity index (χ3v) is 5.11. The topological polar surface area (TPSA) is 94.4 Å². The van der Waals surface area contributed by atoms with Crippen molar-refractivity contribution in [1.82, 2.24) is 20.1 Å². The van der Waals surface area contributed by atoms with Gasteiger partial charge in [0.1, 0.15) is 5.69 Å². The number of rotatable bonds is 9. The number of hydrogen-bond acceptors (Lipinski definition) is 6. The van der Waals surface area contributed by atoms with E-state index < -0.39 is 17.8 Å². The third-order valence-electron chi connectivity index (χ3n) is 4.40. The molecule has 1 aliphatic heterocycles. The van der Waals surface area contributed by atoms with Crippen molar-refractivity contribution in [3.8, 4) is 11.3 Å². The van der Waals surface area contributed by atoms with Crippen molar-refractivity contribution in [3.05, 3.63) is 34.0 Å². The number of hydroxylamine groups is 2. The summed E-state index contributed by atoms with van der Waals surface area (Å²) in [7, 11) is 0. The second-order valence-corrected chi connectivity index (χ2v) is 7.83. The minimum Gasteiger partial charge on any atom is -0.330 e. The Balaban J connectivity index is 1.31. The van der Waals surface area contributed by atoms with E-state index in [2.05, 4.69) is 32.9 Å². The molecule has 2 amide bonds. The Labute approximate surface area is 176 Å². The molecule has 0 N–H and O–H groups in total. The number of aromatic nitrogens is 3. The number of aryl methyl sites for hydroxylation is 1. The average molecular weight is 496 g/mol. The van der Waals surface area contributed by atoms with E-state index >= 15 is 0 Å². The monoisotopic (exact) mass is 496 g/mol. The molecule has 1 aliphatic rings. The van der Waals surface area contributed by atoms with Crippen molar-refractivity contribution in [2.45, 2.75) is 51.5 Å². The van der Waals surface area contributed by atoms with Crippen molar-refractivity contribution in [3.63, 3.8) is 0 Å². The molecular weight excluding hydrogens is 475 g/mol. The molecule has 148 valence electrons. The summed E-state index contributed by atoms with van der Waals surface area (Å²) in [5, 5.41) is 8.95. The van der Waals surface area contributed by atoms with Crippen LogP contribution in [0, 0.1) is 3.57 Å². The number of hydrogen-bond donors (Lipinski definition) is 0. The molecule has 0 atom stereocenters. The Morgan fingerprint density at radius 3 is 2.43 bits per heavy atom. The molecule has 1 aromatic carbocycles. The Kier molecular flexibility index (Phi) is 7.12. The van der Waals surface area contributed by atoms with Crippen LogP contribution in [0.3, 0.4) is 0 Å². The molecule has 0 saturated carbocycles. The molecule has 0 spiro atoms. The van der Waals surface area contributed by atoms with Gasteiger partial charge in [-0.1, -0.05) is 30.2 Å². The predicted molar refractivity (Wildman–Crippen MR) is 108 cm³/mol. The summed E-state index contributed by atoms with van der Waals surface area (Å²) >= 11 is 2.27. The van der Waals surface area contributed by atoms with E-state index in [1.807, 2.05) is 35.1 Å². The molecular formula is C19H21IN4O4. The van der Waals surface area contributed by atoms with Gasteiger partial charge in [0, 0.05) is 34.9 Å². The summed E-state index contributed by atoms with van der Waals surface area (Å²) in [5.74, 6) is -1.44. The molecule has 1 aromatic heterocycles. The Bertz CT molecular complexity index is 834. The minimum absolute atomic E-state index is 0.111. The van der Waals surface area contributed by atoms with Gasteiger partial charge >= 0.3 is 5.97 Å². The Morgan fingerprint density at radius 1 is 1.04 bits per heavy atom. The number of imide groups is 1. The van der Waals surface area contributed by atoms with Gasteiger partial charge in [-0.05, 0) is 47.6 Å². The molecule has 3 rings (SSSR count). The van der Waals surface area contributed by atoms with Crippen molar-refractivity contribution in [1.29, 1.82) is 0 Å². The first-order chi connectivity index (χ1) is 13.5. The average Bonchev–Trinajstić information content (AvgIpc) is 3.27. The van der Waals surface area contributed by atoms with Crippen LogP contribution >= 0.6 is 22.6 Å². The zero-order valence-corrected chi connectivity index (χ0v) is 17.5. The lowest BCUT2D eigenvalue weighted by Crippen LogP contribution is -2.31. The first kappa shape index (κ1) is 20.4. The highest BCUT2D eigenvalue weighted by atomic mass is 127. The molecule has 0 bridgehead atoms. The molecule has 28 heavy (non-hydrogen) atoms. The normalized spacial score (nSPS) is 14.0. The SMILES string of the molecule is O=C(CCCCCCn1cc(-c2ccc(I)cc2)nn1)ON1C(=O)CCC1=O. The lowest BCUT2D eigenvalue weighted by atomic mass is 10.1. The quantitative estimate of drug-likeness (QED) is 0.301. The minimum atomic E-state index is -0.540. The van der Waals surface area contributed by atoms with Crippen molar-refractivity contribution in [2.75, 3.05) is 0 Å². The van der Waals surface area contributed by atoms with Crippen LogP contribution in [-0.4, -0.2) is 37.8 Å². The zero-order valence-electron chi connectivity index (χ0n) is 15.3. The highest BCUT2D eigenvalue weighted by Gasteiger charge is 2.32. The summed E-state index contributed by atoms with van der Waals surface area (Å²) < 4.78 is 3.00. The van der Waals surface area contributed by atoms with Gasteiger partial charge < -0.3 is 4.84 Å². The molecule has 0 radical (unpaired) electrons. The largest absolute Gasteiger partial charge is 0.333 e. The fraction of sp³-hybridized carbons (Fsp3) is 0.421. The summed E-state index contributed by atoms with van der Waals surface area (Å²) in [6.45, 7) is 0.762. The predicted octanol–water partition coefficient (Wildman–Crippen LogP) is 3.11. The summed E-state index contributed by atoms with van der Waals surface area (Å²) in [4.78, 5) is 39.3. The number of halogens is 1. The fourth-order valence-electron chi connectivity index (χ4n) is 2.86. The van der Waals surface area contributed by atoms with Crippen molar-refractivity contribution < 1.29 is 19.2 Å². The summed E-state index contributed by atoms with van der Waals surface area (Å²) in [5.41, 5.74) is 1.89. The summed E-state index contributed by atoms with van der Waals surface area (Å²) in [6.07, 6.45) is 5.72. The van der Waals surface area contributed by atoms with E-state index in [1.54, 1.807) is 0 Å². The lowest BCUT2D eigenvalue weighted by Gasteiger charge is -2.12. The van der Waals surface area contributed by atoms with Gasteiger partial charge in [0.2, 0.25) is 0 Å². The maximum Gasteiger partial charge on any atom is 0.333 e. The van der Waals surface area contributed by atoms with Crippen LogP contribution < -0.4 is 0 Å². The highest BCUT2D eigenvalue weighted by Crippen LogP contribution is 2.18. The number of benzene rings is 1. The Hall–Kier alpha value is -2.30. The molecule has 2 heterocycles. The molecule has 1 saturated heterocycles. The summed E-state index contributed by atoms with van der Waals surface area (Å²) in [6, 6.07) is 8.13. The highest BCUT2D eigenvalue weighted by molar-refractivity contribution is 14.1. The third kappa shape index (κ3) is 5.60. The van der Waals surface area contributed by atoms with Gasteiger partial charge in [-0.3, -0.25) is 14.3 Å². The van der Waals surface area contributed by atoms with E-state index in [9.17, 15) is 14.4 Å². The lowest BCUT2D eigenvalue weighted by molar-refractivity contribution is -0.197. The van der Waals surface area contributed by atoms with Crippen LogP contribution in [0.15, 0.2) is 30.5 Å². The van der Waals surface area contributed by atoms with Gasteiger partial charge in [-0.2, -0.15) is 0 Å². The van der Waals surface area contributed by atoms with Crippen LogP contribution in [0.1, 0.15) is 44.9 Å². The molecule has 0 unspecified atom stereocenters. The first-order valence-electron chi connectivity index (χ1n) is 9.25. The first-order valence-corrected chi connectivity index (χ1v) is 10.3. The number of carbonyl (C=O) groups is 3. The number of carbonyl (C=O) groups excluding carboxylic acids is 3. The maximum atomic E-state index is 11.7. The Morgan fingerprint density at radius 2 is 1.71 bits per heavy atom. The van der Waals surface area contributed by atoms with Gasteiger partial charge in [-0.15, -0.1) is 10.2 Å². The maximum absolute atomic E-state index is 11.7. The standard InChI is InChI=1S/C19H21IN4O4/c20-15-8-6-14(7-9-15)16-13-23(22-21-16)12-4-2-1-3-5-19(27)28-24-17(25)10-11-18(24)26/h6-9,13H,1-5,10-12H2. The second-order valence-electron chi connectivity index (χ2n) is 6.58. The van der Waals surface area contributed by atoms with E-state index in [4.69, 9.17) is 4.84 Å². The molecule has 0 aliphatic carbocycles. The van der Waals surface area contributed by atoms with Gasteiger partial charge in [0.15, 0.2) is 0 Å². The number of unbranched alkanes of at least 4 members (excludes halogenated alkanes) is 3. The molecule has 8 nitrogen and oxygen atoms in total. The zero-order chi connectivity index (χ0) is 19.9. The second kappa shape index (κ2) is 9.76. The smallest absolute Gasteiger partial charge is 0.330 e. The van der Waals surface area contributed by atoms with E-state index in [0.29, 0.717) is 11.5 Å². The molecule has 9 heteroatoms. The van der Waals surface area contributed by atoms with Gasteiger partial charge in [-0.25, -0.2) is 4.79 Å². The number of nitrogens with zero attached hydrogens (tertiary/aromatic N) is 4. The fourth-order valence-corrected chi connectivity index (χ4v) is 3.22.